The average Bonchev–Trinajstić information content (AvgIpc) is 2.89. The highest BCUT2D eigenvalue weighted by Crippen LogP contribution is 2.34. The first-order valence-corrected chi connectivity index (χ1v) is 10.3. The van der Waals surface area contributed by atoms with Crippen molar-refractivity contribution in [2.45, 2.75) is 0 Å². The highest BCUT2D eigenvalue weighted by molar-refractivity contribution is 5.81. The van der Waals surface area contributed by atoms with E-state index < -0.39 is 0 Å². The van der Waals surface area contributed by atoms with E-state index in [2.05, 4.69) is 17.0 Å². The summed E-state index contributed by atoms with van der Waals surface area (Å²) in [6.45, 7) is 0. The molecule has 4 aromatic carbocycles. The number of carbonyl (C=O) groups is 1. The summed E-state index contributed by atoms with van der Waals surface area (Å²) in [5.74, 6) is 0. The Balaban J connectivity index is 1.66. The van der Waals surface area contributed by atoms with Gasteiger partial charge in [-0.25, -0.2) is 0 Å². The molecule has 0 aromatic heterocycles. The predicted molar refractivity (Wildman–Crippen MR) is 131 cm³/mol. The van der Waals surface area contributed by atoms with Gasteiger partial charge < -0.3 is 4.90 Å². The van der Waals surface area contributed by atoms with Gasteiger partial charge >= 0.3 is 0 Å². The van der Waals surface area contributed by atoms with Gasteiger partial charge in [0.2, 0.25) is 0 Å². The fraction of sp³-hybridized carbons (Fsp3) is 0. The minimum atomic E-state index is 0.517. The molecule has 0 atom stereocenters. The number of hydrogen-bond donors (Lipinski definition) is 0. The van der Waals surface area contributed by atoms with Crippen molar-refractivity contribution < 1.29 is 4.79 Å². The molecule has 0 aliphatic heterocycles. The molecule has 4 rings (SSSR count). The molecule has 156 valence electrons. The second-order valence-electron chi connectivity index (χ2n) is 7.33. The summed E-state index contributed by atoms with van der Waals surface area (Å²) < 4.78 is 0. The van der Waals surface area contributed by atoms with E-state index in [1.54, 1.807) is 30.3 Å². The molecule has 0 unspecified atom stereocenters. The van der Waals surface area contributed by atoms with Gasteiger partial charge in [0.05, 0.1) is 23.3 Å². The molecule has 4 heteroatoms. The van der Waals surface area contributed by atoms with Crippen LogP contribution in [0.5, 0.6) is 0 Å². The number of nitriles is 2. The zero-order valence-corrected chi connectivity index (χ0v) is 17.7. The van der Waals surface area contributed by atoms with Gasteiger partial charge in [0.15, 0.2) is 0 Å². The van der Waals surface area contributed by atoms with Crippen molar-refractivity contribution in [3.8, 4) is 12.1 Å². The van der Waals surface area contributed by atoms with Crippen LogP contribution in [-0.4, -0.2) is 6.29 Å². The van der Waals surface area contributed by atoms with Crippen molar-refractivity contribution >= 4 is 35.5 Å². The summed E-state index contributed by atoms with van der Waals surface area (Å²) in [5.41, 5.74) is 6.27. The second-order valence-corrected chi connectivity index (χ2v) is 7.33. The van der Waals surface area contributed by atoms with Crippen LogP contribution >= 0.6 is 0 Å². The Kier molecular flexibility index (Phi) is 6.40. The molecule has 0 saturated carbocycles. The molecule has 4 aromatic rings. The number of rotatable bonds is 6. The third-order valence-corrected chi connectivity index (χ3v) is 5.21. The molecular weight excluding hydrogens is 406 g/mol. The SMILES string of the molecule is N#Cc1ccc(C#N)c(C=Cc2ccc(N(c3ccccc3)c3ccc(C=O)cc3)cc2)c1. The van der Waals surface area contributed by atoms with E-state index in [1.807, 2.05) is 78.9 Å². The van der Waals surface area contributed by atoms with Crippen molar-refractivity contribution in [3.63, 3.8) is 0 Å². The van der Waals surface area contributed by atoms with E-state index in [-0.39, 0.29) is 0 Å². The van der Waals surface area contributed by atoms with Gasteiger partial charge in [-0.2, -0.15) is 10.5 Å². The van der Waals surface area contributed by atoms with Crippen molar-refractivity contribution in [3.05, 3.63) is 125 Å². The Hall–Kier alpha value is -4.93. The minimum absolute atomic E-state index is 0.517. The van der Waals surface area contributed by atoms with Gasteiger partial charge in [0.25, 0.3) is 0 Å². The topological polar surface area (TPSA) is 67.9 Å². The van der Waals surface area contributed by atoms with Crippen LogP contribution in [0.2, 0.25) is 0 Å². The van der Waals surface area contributed by atoms with E-state index in [1.165, 1.54) is 0 Å². The Morgan fingerprint density at radius 2 is 1.24 bits per heavy atom. The molecule has 0 amide bonds. The van der Waals surface area contributed by atoms with Gasteiger partial charge in [-0.15, -0.1) is 0 Å². The van der Waals surface area contributed by atoms with E-state index >= 15 is 0 Å². The summed E-state index contributed by atoms with van der Waals surface area (Å²) >= 11 is 0. The predicted octanol–water partition coefficient (Wildman–Crippen LogP) is 6.88. The minimum Gasteiger partial charge on any atom is -0.311 e. The number of carbonyl (C=O) groups excluding carboxylic acids is 1. The third-order valence-electron chi connectivity index (χ3n) is 5.21. The number of anilines is 3. The van der Waals surface area contributed by atoms with Gasteiger partial charge in [0.1, 0.15) is 6.29 Å². The van der Waals surface area contributed by atoms with Crippen molar-refractivity contribution in [1.29, 1.82) is 10.5 Å². The largest absolute Gasteiger partial charge is 0.311 e. The highest BCUT2D eigenvalue weighted by atomic mass is 16.1. The normalized spacial score (nSPS) is 10.4. The number of aldehydes is 1. The lowest BCUT2D eigenvalue weighted by Crippen LogP contribution is -2.09. The lowest BCUT2D eigenvalue weighted by molar-refractivity contribution is 0.112. The summed E-state index contributed by atoms with van der Waals surface area (Å²) in [4.78, 5) is 13.2. The maximum absolute atomic E-state index is 11.1. The second kappa shape index (κ2) is 9.92. The molecule has 33 heavy (non-hydrogen) atoms. The maximum atomic E-state index is 11.1. The molecule has 0 N–H and O–H groups in total. The molecule has 0 radical (unpaired) electrons. The van der Waals surface area contributed by atoms with Crippen LogP contribution in [-0.2, 0) is 0 Å². The average molecular weight is 425 g/mol. The quantitative estimate of drug-likeness (QED) is 0.249. The van der Waals surface area contributed by atoms with Crippen molar-refractivity contribution in [2.75, 3.05) is 4.90 Å². The number of hydrogen-bond acceptors (Lipinski definition) is 4. The van der Waals surface area contributed by atoms with Crippen LogP contribution in [0.3, 0.4) is 0 Å². The maximum Gasteiger partial charge on any atom is 0.150 e. The number of benzene rings is 4. The van der Waals surface area contributed by atoms with E-state index in [0.29, 0.717) is 22.3 Å². The summed E-state index contributed by atoms with van der Waals surface area (Å²) in [7, 11) is 0. The fourth-order valence-electron chi connectivity index (χ4n) is 3.52. The lowest BCUT2D eigenvalue weighted by atomic mass is 10.0. The Bertz CT molecular complexity index is 1370. The van der Waals surface area contributed by atoms with Crippen LogP contribution in [0, 0.1) is 22.7 Å². The lowest BCUT2D eigenvalue weighted by Gasteiger charge is -2.25. The molecule has 0 heterocycles. The third kappa shape index (κ3) is 4.88. The van der Waals surface area contributed by atoms with E-state index in [9.17, 15) is 10.1 Å². The monoisotopic (exact) mass is 425 g/mol. The van der Waals surface area contributed by atoms with E-state index in [0.717, 1.165) is 28.9 Å². The Labute approximate surface area is 192 Å². The van der Waals surface area contributed by atoms with Crippen LogP contribution in [0.1, 0.15) is 32.6 Å². The van der Waals surface area contributed by atoms with Crippen LogP contribution in [0.25, 0.3) is 12.2 Å². The molecular formula is C29H19N3O. The van der Waals surface area contributed by atoms with Gasteiger partial charge in [0, 0.05) is 22.6 Å². The molecule has 0 aliphatic rings. The van der Waals surface area contributed by atoms with Crippen molar-refractivity contribution in [1.82, 2.24) is 0 Å². The van der Waals surface area contributed by atoms with Crippen LogP contribution < -0.4 is 4.90 Å². The van der Waals surface area contributed by atoms with E-state index in [4.69, 9.17) is 5.26 Å². The fourth-order valence-corrected chi connectivity index (χ4v) is 3.52. The number of nitrogens with zero attached hydrogens (tertiary/aromatic N) is 3. The summed E-state index contributed by atoms with van der Waals surface area (Å²) in [5, 5.41) is 18.5. The molecule has 0 fully saturated rings. The molecule has 0 aliphatic carbocycles. The first-order valence-electron chi connectivity index (χ1n) is 10.3. The molecule has 0 saturated heterocycles. The summed E-state index contributed by atoms with van der Waals surface area (Å²) in [6.07, 6.45) is 4.61. The number of para-hydroxylation sites is 1. The van der Waals surface area contributed by atoms with Crippen LogP contribution in [0.4, 0.5) is 17.1 Å². The zero-order valence-electron chi connectivity index (χ0n) is 17.7. The first-order chi connectivity index (χ1) is 16.2. The smallest absolute Gasteiger partial charge is 0.150 e. The van der Waals surface area contributed by atoms with Gasteiger partial charge in [-0.1, -0.05) is 42.5 Å². The van der Waals surface area contributed by atoms with Gasteiger partial charge in [-0.3, -0.25) is 4.79 Å². The molecule has 4 nitrogen and oxygen atoms in total. The van der Waals surface area contributed by atoms with Crippen LogP contribution in [0.15, 0.2) is 97.1 Å². The Morgan fingerprint density at radius 3 is 1.82 bits per heavy atom. The standard InChI is InChI=1S/C29H19N3O/c30-19-24-7-13-26(20-31)25(18-24)12-6-22-8-14-28(15-9-22)32(27-4-2-1-3-5-27)29-16-10-23(21-33)11-17-29/h1-18,21H. The zero-order chi connectivity index (χ0) is 23.0. The molecule has 0 spiro atoms. The van der Waals surface area contributed by atoms with Gasteiger partial charge in [-0.05, 0) is 77.9 Å². The van der Waals surface area contributed by atoms with Crippen molar-refractivity contribution in [2.24, 2.45) is 0 Å². The molecule has 0 bridgehead atoms. The Morgan fingerprint density at radius 1 is 0.636 bits per heavy atom. The highest BCUT2D eigenvalue weighted by Gasteiger charge is 2.12. The summed E-state index contributed by atoms with van der Waals surface area (Å²) in [6, 6.07) is 34.8. The first kappa shape index (κ1) is 21.3.